The van der Waals surface area contributed by atoms with Crippen molar-refractivity contribution in [3.8, 4) is 0 Å². The van der Waals surface area contributed by atoms with Gasteiger partial charge in [-0.05, 0) is 24.8 Å². The molecule has 0 aromatic carbocycles. The number of rotatable bonds is 5. The zero-order valence-corrected chi connectivity index (χ0v) is 15.5. The van der Waals surface area contributed by atoms with Crippen molar-refractivity contribution in [2.75, 3.05) is 37.6 Å². The van der Waals surface area contributed by atoms with E-state index in [0.29, 0.717) is 13.0 Å². The van der Waals surface area contributed by atoms with Gasteiger partial charge in [0.1, 0.15) is 5.82 Å². The second-order valence-electron chi connectivity index (χ2n) is 7.16. The number of aromatic nitrogens is 2. The van der Waals surface area contributed by atoms with Gasteiger partial charge in [-0.1, -0.05) is 26.2 Å². The van der Waals surface area contributed by atoms with Crippen molar-refractivity contribution in [3.05, 3.63) is 5.82 Å². The van der Waals surface area contributed by atoms with Gasteiger partial charge in [0.2, 0.25) is 11.0 Å². The summed E-state index contributed by atoms with van der Waals surface area (Å²) in [5.74, 6) is 1.20. The Morgan fingerprint density at radius 1 is 1.21 bits per heavy atom. The lowest BCUT2D eigenvalue weighted by Crippen LogP contribution is -2.50. The third-order valence-electron chi connectivity index (χ3n) is 5.55. The van der Waals surface area contributed by atoms with Gasteiger partial charge in [0.25, 0.3) is 0 Å². The topological polar surface area (TPSA) is 75.4 Å². The van der Waals surface area contributed by atoms with E-state index in [1.807, 2.05) is 4.90 Å². The maximum absolute atomic E-state index is 12.8. The molecule has 0 unspecified atom stereocenters. The van der Waals surface area contributed by atoms with Gasteiger partial charge in [0.15, 0.2) is 0 Å². The number of anilines is 1. The molecule has 2 fully saturated rings. The Morgan fingerprint density at radius 2 is 1.92 bits per heavy atom. The summed E-state index contributed by atoms with van der Waals surface area (Å²) in [6, 6.07) is 0. The number of hydrogen-bond acceptors (Lipinski definition) is 6. The lowest BCUT2D eigenvalue weighted by Gasteiger charge is -2.39. The van der Waals surface area contributed by atoms with E-state index in [2.05, 4.69) is 21.2 Å². The quantitative estimate of drug-likeness (QED) is 0.879. The number of nitrogens with zero attached hydrogens (tertiary/aromatic N) is 4. The SMILES string of the molecule is CCc1nsc(N2CCN(C(=O)CC3(CN)CCCCC3)CC2)n1. The average Bonchev–Trinajstić information content (AvgIpc) is 3.12. The Hall–Kier alpha value is -1.21. The lowest BCUT2D eigenvalue weighted by atomic mass is 9.71. The standard InChI is InChI=1S/C17H29N5OS/c1-2-14-19-16(24-20-14)22-10-8-21(9-11-22)15(23)12-17(13-18)6-4-3-5-7-17/h2-13,18H2,1H3. The summed E-state index contributed by atoms with van der Waals surface area (Å²) >= 11 is 1.47. The van der Waals surface area contributed by atoms with Crippen molar-refractivity contribution >= 4 is 22.6 Å². The maximum Gasteiger partial charge on any atom is 0.223 e. The Balaban J connectivity index is 1.53. The molecule has 0 bridgehead atoms. The van der Waals surface area contributed by atoms with E-state index in [1.54, 1.807) is 0 Å². The molecule has 2 heterocycles. The van der Waals surface area contributed by atoms with Crippen LogP contribution in [0.15, 0.2) is 0 Å². The van der Waals surface area contributed by atoms with E-state index in [4.69, 9.17) is 5.73 Å². The molecule has 0 spiro atoms. The molecular weight excluding hydrogens is 322 g/mol. The molecule has 3 rings (SSSR count). The van der Waals surface area contributed by atoms with Crippen molar-refractivity contribution < 1.29 is 4.79 Å². The number of amides is 1. The fourth-order valence-corrected chi connectivity index (χ4v) is 4.65. The highest BCUT2D eigenvalue weighted by molar-refractivity contribution is 7.09. The van der Waals surface area contributed by atoms with Gasteiger partial charge < -0.3 is 15.5 Å². The molecule has 1 amide bonds. The average molecular weight is 352 g/mol. The molecule has 134 valence electrons. The summed E-state index contributed by atoms with van der Waals surface area (Å²) in [6.45, 7) is 5.96. The van der Waals surface area contributed by atoms with Crippen LogP contribution in [0, 0.1) is 5.41 Å². The van der Waals surface area contributed by atoms with Crippen LogP contribution in [0.1, 0.15) is 51.3 Å². The molecule has 2 N–H and O–H groups in total. The third-order valence-corrected chi connectivity index (χ3v) is 6.36. The van der Waals surface area contributed by atoms with Crippen LogP contribution in [0.4, 0.5) is 5.13 Å². The van der Waals surface area contributed by atoms with Crippen LogP contribution < -0.4 is 10.6 Å². The smallest absolute Gasteiger partial charge is 0.223 e. The highest BCUT2D eigenvalue weighted by Crippen LogP contribution is 2.38. The predicted molar refractivity (Wildman–Crippen MR) is 97.3 cm³/mol. The van der Waals surface area contributed by atoms with Gasteiger partial charge in [0.05, 0.1) is 0 Å². The van der Waals surface area contributed by atoms with Crippen molar-refractivity contribution in [2.24, 2.45) is 11.1 Å². The lowest BCUT2D eigenvalue weighted by molar-refractivity contribution is -0.134. The van der Waals surface area contributed by atoms with Gasteiger partial charge in [-0.2, -0.15) is 4.37 Å². The molecule has 1 aromatic rings. The van der Waals surface area contributed by atoms with Crippen LogP contribution in [0.5, 0.6) is 0 Å². The van der Waals surface area contributed by atoms with E-state index in [-0.39, 0.29) is 11.3 Å². The molecular formula is C17H29N5OS. The van der Waals surface area contributed by atoms with E-state index < -0.39 is 0 Å². The maximum atomic E-state index is 12.8. The minimum Gasteiger partial charge on any atom is -0.343 e. The van der Waals surface area contributed by atoms with Crippen molar-refractivity contribution in [3.63, 3.8) is 0 Å². The van der Waals surface area contributed by atoms with E-state index in [0.717, 1.165) is 56.4 Å². The Labute approximate surface area is 148 Å². The van der Waals surface area contributed by atoms with Gasteiger partial charge in [0, 0.05) is 50.6 Å². The number of carbonyl (C=O) groups excluding carboxylic acids is 1. The zero-order valence-electron chi connectivity index (χ0n) is 14.7. The van der Waals surface area contributed by atoms with Gasteiger partial charge in [-0.15, -0.1) is 0 Å². The summed E-state index contributed by atoms with van der Waals surface area (Å²) in [5, 5.41) is 0.990. The molecule has 1 aliphatic carbocycles. The molecule has 2 aliphatic rings. The normalized spacial score (nSPS) is 21.1. The number of hydrogen-bond donors (Lipinski definition) is 1. The van der Waals surface area contributed by atoms with Crippen LogP contribution >= 0.6 is 11.5 Å². The molecule has 6 nitrogen and oxygen atoms in total. The summed E-state index contributed by atoms with van der Waals surface area (Å²) in [6.07, 6.45) is 7.44. The first-order chi connectivity index (χ1) is 11.7. The number of carbonyl (C=O) groups is 1. The van der Waals surface area contributed by atoms with Crippen LogP contribution in [0.25, 0.3) is 0 Å². The van der Waals surface area contributed by atoms with E-state index >= 15 is 0 Å². The predicted octanol–water partition coefficient (Wildman–Crippen LogP) is 2.05. The Kier molecular flexibility index (Phi) is 5.71. The molecule has 0 atom stereocenters. The second kappa shape index (κ2) is 7.78. The van der Waals surface area contributed by atoms with Crippen molar-refractivity contribution in [1.82, 2.24) is 14.3 Å². The minimum absolute atomic E-state index is 0.0573. The number of piperazine rings is 1. The molecule has 7 heteroatoms. The third kappa shape index (κ3) is 3.88. The summed E-state index contributed by atoms with van der Waals surface area (Å²) in [7, 11) is 0. The summed E-state index contributed by atoms with van der Waals surface area (Å²) in [4.78, 5) is 21.6. The van der Waals surface area contributed by atoms with Crippen molar-refractivity contribution in [1.29, 1.82) is 0 Å². The first-order valence-corrected chi connectivity index (χ1v) is 9.98. The van der Waals surface area contributed by atoms with Crippen LogP contribution in [0.3, 0.4) is 0 Å². The van der Waals surface area contributed by atoms with Crippen LogP contribution in [-0.4, -0.2) is 52.9 Å². The summed E-state index contributed by atoms with van der Waals surface area (Å²) in [5.41, 5.74) is 6.09. The van der Waals surface area contributed by atoms with Crippen LogP contribution in [-0.2, 0) is 11.2 Å². The highest BCUT2D eigenvalue weighted by atomic mass is 32.1. The monoisotopic (exact) mass is 351 g/mol. The second-order valence-corrected chi connectivity index (χ2v) is 7.89. The molecule has 1 aliphatic heterocycles. The molecule has 1 saturated carbocycles. The van der Waals surface area contributed by atoms with Crippen LogP contribution in [0.2, 0.25) is 0 Å². The Morgan fingerprint density at radius 3 is 2.50 bits per heavy atom. The first kappa shape index (κ1) is 17.6. The first-order valence-electron chi connectivity index (χ1n) is 9.21. The van der Waals surface area contributed by atoms with Gasteiger partial charge >= 0.3 is 0 Å². The van der Waals surface area contributed by atoms with Gasteiger partial charge in [-0.25, -0.2) is 4.98 Å². The summed E-state index contributed by atoms with van der Waals surface area (Å²) < 4.78 is 4.36. The molecule has 0 radical (unpaired) electrons. The fourth-order valence-electron chi connectivity index (χ4n) is 3.85. The molecule has 24 heavy (non-hydrogen) atoms. The molecule has 1 aromatic heterocycles. The van der Waals surface area contributed by atoms with E-state index in [9.17, 15) is 4.79 Å². The number of aryl methyl sites for hydroxylation is 1. The Bertz CT molecular complexity index is 547. The number of nitrogens with two attached hydrogens (primary N) is 1. The largest absolute Gasteiger partial charge is 0.343 e. The van der Waals surface area contributed by atoms with Gasteiger partial charge in [-0.3, -0.25) is 4.79 Å². The zero-order chi connectivity index (χ0) is 17.0. The minimum atomic E-state index is 0.0573. The molecule has 1 saturated heterocycles. The van der Waals surface area contributed by atoms with E-state index in [1.165, 1.54) is 30.8 Å². The highest BCUT2D eigenvalue weighted by Gasteiger charge is 2.35. The van der Waals surface area contributed by atoms with Crippen molar-refractivity contribution in [2.45, 2.75) is 51.9 Å². The fraction of sp³-hybridized carbons (Fsp3) is 0.824.